The SMILES string of the molecule is Cc1cc(/C=C/c2ccc(O)cc2)n(B(F)F)c1/C=C1/C=CC=N1. The summed E-state index contributed by atoms with van der Waals surface area (Å²) in [5.74, 6) is 0.165. The number of phenols is 1. The van der Waals surface area contributed by atoms with Crippen LogP contribution in [0.5, 0.6) is 5.75 Å². The quantitative estimate of drug-likeness (QED) is 0.830. The van der Waals surface area contributed by atoms with Crippen LogP contribution in [-0.4, -0.2) is 23.2 Å². The average molecular weight is 324 g/mol. The zero-order valence-electron chi connectivity index (χ0n) is 13.0. The largest absolute Gasteiger partial charge is 0.678 e. The van der Waals surface area contributed by atoms with E-state index in [9.17, 15) is 13.7 Å². The van der Waals surface area contributed by atoms with Crippen LogP contribution in [0.3, 0.4) is 0 Å². The number of hydrogen-bond acceptors (Lipinski definition) is 2. The molecule has 0 atom stereocenters. The normalized spacial score (nSPS) is 15.0. The fourth-order valence-electron chi connectivity index (χ4n) is 2.53. The molecule has 1 aromatic heterocycles. The Kier molecular flexibility index (Phi) is 4.47. The summed E-state index contributed by atoms with van der Waals surface area (Å²) in [5.41, 5.74) is 3.06. The fraction of sp³-hybridized carbons (Fsp3) is 0.0556. The third kappa shape index (κ3) is 3.37. The van der Waals surface area contributed by atoms with Crippen molar-refractivity contribution in [1.29, 1.82) is 0 Å². The highest BCUT2D eigenvalue weighted by Gasteiger charge is 2.24. The van der Waals surface area contributed by atoms with Crippen molar-refractivity contribution in [3.63, 3.8) is 0 Å². The molecule has 2 heterocycles. The van der Waals surface area contributed by atoms with Crippen LogP contribution in [0.2, 0.25) is 0 Å². The molecular weight excluding hydrogens is 309 g/mol. The maximum absolute atomic E-state index is 13.6. The molecule has 3 nitrogen and oxygen atoms in total. The van der Waals surface area contributed by atoms with Gasteiger partial charge in [-0.25, -0.2) is 0 Å². The van der Waals surface area contributed by atoms with Gasteiger partial charge in [0.05, 0.1) is 5.70 Å². The van der Waals surface area contributed by atoms with E-state index >= 15 is 0 Å². The number of phenolic OH excluding ortho intramolecular Hbond substituents is 1. The van der Waals surface area contributed by atoms with Gasteiger partial charge in [0, 0.05) is 17.6 Å². The molecule has 0 unspecified atom stereocenters. The second kappa shape index (κ2) is 6.70. The van der Waals surface area contributed by atoms with E-state index in [4.69, 9.17) is 0 Å². The van der Waals surface area contributed by atoms with Crippen LogP contribution in [-0.2, 0) is 0 Å². The molecule has 1 aliphatic heterocycles. The van der Waals surface area contributed by atoms with Crippen molar-refractivity contribution in [2.75, 3.05) is 0 Å². The molecule has 24 heavy (non-hydrogen) atoms. The number of benzene rings is 1. The number of aryl methyl sites for hydroxylation is 1. The standard InChI is InChI=1S/C18H15BF2N2O/c1-13-11-16(7-4-14-5-8-17(24)9-6-14)23(19(20)21)18(13)12-15-3-2-10-22-15/h2-12,24H,1H3/b7-4+,15-12-. The molecule has 0 saturated carbocycles. The van der Waals surface area contributed by atoms with Crippen LogP contribution < -0.4 is 0 Å². The molecule has 1 N–H and O–H groups in total. The Labute approximate surface area is 139 Å². The van der Waals surface area contributed by atoms with Gasteiger partial charge in [-0.2, -0.15) is 0 Å². The van der Waals surface area contributed by atoms with E-state index in [1.165, 1.54) is 0 Å². The molecule has 120 valence electrons. The predicted molar refractivity (Wildman–Crippen MR) is 95.2 cm³/mol. The number of allylic oxidation sites excluding steroid dienone is 2. The molecule has 0 spiro atoms. The second-order valence-corrected chi connectivity index (χ2v) is 5.42. The van der Waals surface area contributed by atoms with Crippen molar-refractivity contribution in [3.8, 4) is 5.75 Å². The molecule has 1 aliphatic rings. The average Bonchev–Trinajstić information content (AvgIpc) is 3.16. The van der Waals surface area contributed by atoms with Crippen molar-refractivity contribution in [3.05, 3.63) is 70.7 Å². The van der Waals surface area contributed by atoms with E-state index < -0.39 is 7.40 Å². The summed E-state index contributed by atoms with van der Waals surface area (Å²) in [5, 5.41) is 9.28. The van der Waals surface area contributed by atoms with E-state index in [0.717, 1.165) is 15.6 Å². The molecule has 0 saturated heterocycles. The molecule has 0 fully saturated rings. The number of rotatable bonds is 4. The van der Waals surface area contributed by atoms with Crippen molar-refractivity contribution in [1.82, 2.24) is 4.48 Å². The van der Waals surface area contributed by atoms with Gasteiger partial charge in [0.25, 0.3) is 0 Å². The Morgan fingerprint density at radius 2 is 1.92 bits per heavy atom. The molecule has 0 aliphatic carbocycles. The lowest BCUT2D eigenvalue weighted by Crippen LogP contribution is -2.16. The Balaban J connectivity index is 1.99. The molecule has 0 bridgehead atoms. The first-order chi connectivity index (χ1) is 11.5. The smallest absolute Gasteiger partial charge is 0.508 e. The lowest BCUT2D eigenvalue weighted by Gasteiger charge is -2.06. The van der Waals surface area contributed by atoms with Crippen molar-refractivity contribution in [2.45, 2.75) is 6.92 Å². The Bertz CT molecular complexity index is 848. The number of aromatic hydroxyl groups is 1. The molecule has 3 rings (SSSR count). The summed E-state index contributed by atoms with van der Waals surface area (Å²) in [7, 11) is -2.65. The summed E-state index contributed by atoms with van der Waals surface area (Å²) in [6.45, 7) is 1.80. The van der Waals surface area contributed by atoms with Gasteiger partial charge < -0.3 is 9.58 Å². The van der Waals surface area contributed by atoms with Gasteiger partial charge in [0.2, 0.25) is 0 Å². The predicted octanol–water partition coefficient (Wildman–Crippen LogP) is 4.43. The second-order valence-electron chi connectivity index (χ2n) is 5.42. The van der Waals surface area contributed by atoms with E-state index in [0.29, 0.717) is 17.1 Å². The molecule has 1 aromatic carbocycles. The third-order valence-electron chi connectivity index (χ3n) is 3.70. The van der Waals surface area contributed by atoms with Gasteiger partial charge in [-0.05, 0) is 60.6 Å². The van der Waals surface area contributed by atoms with Gasteiger partial charge in [0.1, 0.15) is 5.75 Å². The first kappa shape index (κ1) is 16.0. The third-order valence-corrected chi connectivity index (χ3v) is 3.70. The molecular formula is C18H15BF2N2O. The Morgan fingerprint density at radius 1 is 1.17 bits per heavy atom. The monoisotopic (exact) mass is 324 g/mol. The van der Waals surface area contributed by atoms with Crippen LogP contribution in [0.1, 0.15) is 22.5 Å². The van der Waals surface area contributed by atoms with Gasteiger partial charge in [0.15, 0.2) is 0 Å². The first-order valence-corrected chi connectivity index (χ1v) is 7.44. The number of aliphatic imine (C=N–C) groups is 1. The zero-order chi connectivity index (χ0) is 17.1. The minimum Gasteiger partial charge on any atom is -0.508 e. The summed E-state index contributed by atoms with van der Waals surface area (Å²) in [6, 6.07) is 8.26. The Hall–Kier alpha value is -2.89. The molecule has 0 amide bonds. The number of hydrogen-bond donors (Lipinski definition) is 1. The van der Waals surface area contributed by atoms with E-state index in [1.807, 2.05) is 0 Å². The van der Waals surface area contributed by atoms with Gasteiger partial charge >= 0.3 is 7.40 Å². The van der Waals surface area contributed by atoms with Crippen LogP contribution in [0.15, 0.2) is 53.2 Å². The zero-order valence-corrected chi connectivity index (χ0v) is 13.0. The number of halogens is 2. The summed E-state index contributed by atoms with van der Waals surface area (Å²) >= 11 is 0. The topological polar surface area (TPSA) is 37.5 Å². The summed E-state index contributed by atoms with van der Waals surface area (Å²) < 4.78 is 28.1. The highest BCUT2D eigenvalue weighted by molar-refractivity contribution is 6.41. The minimum atomic E-state index is -2.65. The first-order valence-electron chi connectivity index (χ1n) is 7.44. The van der Waals surface area contributed by atoms with E-state index in [1.54, 1.807) is 73.9 Å². The highest BCUT2D eigenvalue weighted by Crippen LogP contribution is 2.23. The minimum absolute atomic E-state index is 0.165. The lowest BCUT2D eigenvalue weighted by atomic mass is 10.1. The molecule has 2 aromatic rings. The number of nitrogens with zero attached hydrogens (tertiary/aromatic N) is 2. The maximum Gasteiger partial charge on any atom is 0.678 e. The highest BCUT2D eigenvalue weighted by atomic mass is 19.2. The molecule has 6 heteroatoms. The molecule has 0 radical (unpaired) electrons. The van der Waals surface area contributed by atoms with Gasteiger partial charge in [-0.1, -0.05) is 18.2 Å². The van der Waals surface area contributed by atoms with Crippen LogP contribution >= 0.6 is 0 Å². The maximum atomic E-state index is 13.6. The summed E-state index contributed by atoms with van der Waals surface area (Å²) in [6.07, 6.45) is 10.2. The van der Waals surface area contributed by atoms with Gasteiger partial charge in [-0.3, -0.25) is 13.6 Å². The van der Waals surface area contributed by atoms with Crippen LogP contribution in [0.4, 0.5) is 8.63 Å². The van der Waals surface area contributed by atoms with E-state index in [-0.39, 0.29) is 5.75 Å². The van der Waals surface area contributed by atoms with Crippen molar-refractivity contribution < 1.29 is 13.7 Å². The van der Waals surface area contributed by atoms with Crippen molar-refractivity contribution in [2.24, 2.45) is 4.99 Å². The lowest BCUT2D eigenvalue weighted by molar-refractivity contribution is 0.475. The number of aromatic nitrogens is 1. The fourth-order valence-corrected chi connectivity index (χ4v) is 2.53. The van der Waals surface area contributed by atoms with Crippen molar-refractivity contribution >= 4 is 31.8 Å². The Morgan fingerprint density at radius 3 is 2.54 bits per heavy atom. The van der Waals surface area contributed by atoms with Crippen LogP contribution in [0, 0.1) is 6.92 Å². The summed E-state index contributed by atoms with van der Waals surface area (Å²) in [4.78, 5) is 4.11. The van der Waals surface area contributed by atoms with E-state index in [2.05, 4.69) is 4.99 Å². The van der Waals surface area contributed by atoms with Crippen LogP contribution in [0.25, 0.3) is 18.2 Å². The van der Waals surface area contributed by atoms with Gasteiger partial charge in [-0.15, -0.1) is 0 Å².